The van der Waals surface area contributed by atoms with Gasteiger partial charge in [0.2, 0.25) is 0 Å². The number of aromatic nitrogens is 1. The van der Waals surface area contributed by atoms with E-state index in [0.29, 0.717) is 0 Å². The van der Waals surface area contributed by atoms with Crippen LogP contribution in [0.25, 0.3) is 0 Å². The van der Waals surface area contributed by atoms with E-state index in [0.717, 1.165) is 18.5 Å². The minimum atomic E-state index is -0.375. The highest BCUT2D eigenvalue weighted by molar-refractivity contribution is 5.12. The molecule has 0 aromatic carbocycles. The molecule has 1 heterocycles. The molecule has 0 fully saturated rings. The second-order valence-electron chi connectivity index (χ2n) is 2.69. The zero-order valence-electron chi connectivity index (χ0n) is 7.20. The maximum absolute atomic E-state index is 9.58. The van der Waals surface area contributed by atoms with Crippen LogP contribution in [0.1, 0.15) is 18.1 Å². The summed E-state index contributed by atoms with van der Waals surface area (Å²) in [7, 11) is 1.87. The summed E-state index contributed by atoms with van der Waals surface area (Å²) in [6.45, 7) is 0.823. The van der Waals surface area contributed by atoms with E-state index >= 15 is 0 Å². The van der Waals surface area contributed by atoms with Gasteiger partial charge in [0, 0.05) is 12.4 Å². The molecule has 1 aromatic heterocycles. The van der Waals surface area contributed by atoms with Gasteiger partial charge >= 0.3 is 0 Å². The van der Waals surface area contributed by atoms with Gasteiger partial charge in [-0.3, -0.25) is 4.98 Å². The molecule has 66 valence electrons. The summed E-state index contributed by atoms with van der Waals surface area (Å²) in [5, 5.41) is 12.6. The van der Waals surface area contributed by atoms with E-state index in [1.807, 2.05) is 19.2 Å². The molecule has 0 bridgehead atoms. The lowest BCUT2D eigenvalue weighted by Gasteiger charge is -2.09. The third-order valence-electron chi connectivity index (χ3n) is 1.76. The lowest BCUT2D eigenvalue weighted by molar-refractivity contribution is 0.167. The first kappa shape index (κ1) is 9.16. The lowest BCUT2D eigenvalue weighted by Crippen LogP contribution is -2.11. The standard InChI is InChI=1S/C9H14N2O/c1-10-5-4-9(12)8-2-6-11-7-3-8/h2-3,6-7,9-10,12H,4-5H2,1H3/t9-/m0/s1. The molecule has 0 spiro atoms. The molecule has 0 aliphatic rings. The van der Waals surface area contributed by atoms with E-state index in [9.17, 15) is 5.11 Å². The number of rotatable bonds is 4. The molecule has 0 unspecified atom stereocenters. The van der Waals surface area contributed by atoms with Crippen molar-refractivity contribution in [3.8, 4) is 0 Å². The van der Waals surface area contributed by atoms with Crippen LogP contribution in [0, 0.1) is 0 Å². The Morgan fingerprint density at radius 2 is 2.17 bits per heavy atom. The summed E-state index contributed by atoms with van der Waals surface area (Å²) in [4.78, 5) is 3.88. The van der Waals surface area contributed by atoms with E-state index in [1.165, 1.54) is 0 Å². The van der Waals surface area contributed by atoms with Gasteiger partial charge in [0.15, 0.2) is 0 Å². The second-order valence-corrected chi connectivity index (χ2v) is 2.69. The smallest absolute Gasteiger partial charge is 0.0803 e. The Hall–Kier alpha value is -0.930. The van der Waals surface area contributed by atoms with Crippen molar-refractivity contribution in [2.24, 2.45) is 0 Å². The molecule has 0 saturated heterocycles. The predicted octanol–water partition coefficient (Wildman–Crippen LogP) is 0.724. The van der Waals surface area contributed by atoms with Crippen LogP contribution in [-0.4, -0.2) is 23.7 Å². The molecule has 1 atom stereocenters. The van der Waals surface area contributed by atoms with Crippen molar-refractivity contribution in [3.63, 3.8) is 0 Å². The van der Waals surface area contributed by atoms with E-state index in [1.54, 1.807) is 12.4 Å². The number of pyridine rings is 1. The Morgan fingerprint density at radius 1 is 1.50 bits per heavy atom. The number of nitrogens with zero attached hydrogens (tertiary/aromatic N) is 1. The molecular weight excluding hydrogens is 152 g/mol. The number of nitrogens with one attached hydrogen (secondary N) is 1. The summed E-state index contributed by atoms with van der Waals surface area (Å²) < 4.78 is 0. The second kappa shape index (κ2) is 4.85. The van der Waals surface area contributed by atoms with Gasteiger partial charge in [-0.1, -0.05) is 0 Å². The largest absolute Gasteiger partial charge is 0.388 e. The molecule has 0 aliphatic heterocycles. The highest BCUT2D eigenvalue weighted by Gasteiger charge is 2.04. The number of aliphatic hydroxyl groups is 1. The van der Waals surface area contributed by atoms with Gasteiger partial charge in [-0.15, -0.1) is 0 Å². The highest BCUT2D eigenvalue weighted by Crippen LogP contribution is 2.13. The summed E-state index contributed by atoms with van der Waals surface area (Å²) in [6, 6.07) is 3.67. The van der Waals surface area contributed by atoms with Gasteiger partial charge in [-0.2, -0.15) is 0 Å². The first-order chi connectivity index (χ1) is 5.84. The van der Waals surface area contributed by atoms with Crippen LogP contribution in [0.15, 0.2) is 24.5 Å². The van der Waals surface area contributed by atoms with Crippen molar-refractivity contribution in [2.45, 2.75) is 12.5 Å². The fourth-order valence-corrected chi connectivity index (χ4v) is 1.03. The zero-order valence-corrected chi connectivity index (χ0v) is 7.20. The Kier molecular flexibility index (Phi) is 3.70. The quantitative estimate of drug-likeness (QED) is 0.693. The number of hydrogen-bond donors (Lipinski definition) is 2. The molecule has 0 amide bonds. The normalized spacial score (nSPS) is 12.8. The fourth-order valence-electron chi connectivity index (χ4n) is 1.03. The Balaban J connectivity index is 2.48. The molecule has 1 aromatic rings. The van der Waals surface area contributed by atoms with Crippen LogP contribution in [0.5, 0.6) is 0 Å². The van der Waals surface area contributed by atoms with Gasteiger partial charge in [0.1, 0.15) is 0 Å². The first-order valence-electron chi connectivity index (χ1n) is 4.07. The van der Waals surface area contributed by atoms with E-state index < -0.39 is 0 Å². The Labute approximate surface area is 72.5 Å². The molecule has 12 heavy (non-hydrogen) atoms. The van der Waals surface area contributed by atoms with Crippen LogP contribution >= 0.6 is 0 Å². The average Bonchev–Trinajstić information content (AvgIpc) is 2.15. The SMILES string of the molecule is CNCC[C@H](O)c1ccncc1. The third-order valence-corrected chi connectivity index (χ3v) is 1.76. The number of hydrogen-bond acceptors (Lipinski definition) is 3. The third kappa shape index (κ3) is 2.60. The van der Waals surface area contributed by atoms with Gasteiger partial charge in [-0.05, 0) is 37.7 Å². The fraction of sp³-hybridized carbons (Fsp3) is 0.444. The average molecular weight is 166 g/mol. The molecule has 0 aliphatic carbocycles. The lowest BCUT2D eigenvalue weighted by atomic mass is 10.1. The summed E-state index contributed by atoms with van der Waals surface area (Å²) in [5.41, 5.74) is 0.931. The number of aliphatic hydroxyl groups excluding tert-OH is 1. The van der Waals surface area contributed by atoms with Crippen LogP contribution in [0.3, 0.4) is 0 Å². The molecule has 0 saturated carbocycles. The van der Waals surface area contributed by atoms with Crippen molar-refractivity contribution < 1.29 is 5.11 Å². The van der Waals surface area contributed by atoms with E-state index in [4.69, 9.17) is 0 Å². The summed E-state index contributed by atoms with van der Waals surface area (Å²) >= 11 is 0. The van der Waals surface area contributed by atoms with Crippen molar-refractivity contribution in [1.82, 2.24) is 10.3 Å². The van der Waals surface area contributed by atoms with Gasteiger partial charge < -0.3 is 10.4 Å². The Bertz CT molecular complexity index is 213. The maximum atomic E-state index is 9.58. The minimum Gasteiger partial charge on any atom is -0.388 e. The van der Waals surface area contributed by atoms with Crippen molar-refractivity contribution in [1.29, 1.82) is 0 Å². The molecule has 2 N–H and O–H groups in total. The van der Waals surface area contributed by atoms with E-state index in [2.05, 4.69) is 10.3 Å². The Morgan fingerprint density at radius 3 is 2.75 bits per heavy atom. The minimum absolute atomic E-state index is 0.375. The van der Waals surface area contributed by atoms with Crippen LogP contribution in [0.4, 0.5) is 0 Å². The molecule has 1 rings (SSSR count). The first-order valence-corrected chi connectivity index (χ1v) is 4.07. The summed E-state index contributed by atoms with van der Waals surface area (Å²) in [6.07, 6.45) is 3.75. The molecule has 3 nitrogen and oxygen atoms in total. The highest BCUT2D eigenvalue weighted by atomic mass is 16.3. The van der Waals surface area contributed by atoms with Gasteiger partial charge in [0.25, 0.3) is 0 Å². The van der Waals surface area contributed by atoms with Crippen LogP contribution < -0.4 is 5.32 Å². The maximum Gasteiger partial charge on any atom is 0.0803 e. The molecular formula is C9H14N2O. The van der Waals surface area contributed by atoms with Gasteiger partial charge in [0.05, 0.1) is 6.10 Å². The molecule has 0 radical (unpaired) electrons. The van der Waals surface area contributed by atoms with Crippen LogP contribution in [0.2, 0.25) is 0 Å². The topological polar surface area (TPSA) is 45.1 Å². The van der Waals surface area contributed by atoms with Crippen molar-refractivity contribution in [2.75, 3.05) is 13.6 Å². The van der Waals surface area contributed by atoms with Crippen LogP contribution in [-0.2, 0) is 0 Å². The van der Waals surface area contributed by atoms with Crippen molar-refractivity contribution in [3.05, 3.63) is 30.1 Å². The van der Waals surface area contributed by atoms with Gasteiger partial charge in [-0.25, -0.2) is 0 Å². The van der Waals surface area contributed by atoms with Crippen molar-refractivity contribution >= 4 is 0 Å². The monoisotopic (exact) mass is 166 g/mol. The zero-order chi connectivity index (χ0) is 8.81. The summed E-state index contributed by atoms with van der Waals surface area (Å²) in [5.74, 6) is 0. The predicted molar refractivity (Wildman–Crippen MR) is 47.7 cm³/mol. The van der Waals surface area contributed by atoms with E-state index in [-0.39, 0.29) is 6.10 Å². The molecule has 3 heteroatoms.